The zero-order valence-electron chi connectivity index (χ0n) is 19.5. The van der Waals surface area contributed by atoms with E-state index in [0.717, 1.165) is 23.1 Å². The van der Waals surface area contributed by atoms with Crippen molar-refractivity contribution in [2.45, 2.75) is 33.1 Å². The van der Waals surface area contributed by atoms with Crippen LogP contribution in [0.25, 0.3) is 22.6 Å². The van der Waals surface area contributed by atoms with Gasteiger partial charge in [-0.3, -0.25) is 20.2 Å². The molecule has 1 heterocycles. The maximum atomic E-state index is 12.6. The molecule has 1 amide bonds. The van der Waals surface area contributed by atoms with Crippen LogP contribution in [-0.2, 0) is 0 Å². The average molecular weight is 489 g/mol. The summed E-state index contributed by atoms with van der Waals surface area (Å²) in [7, 11) is 0. The summed E-state index contributed by atoms with van der Waals surface area (Å²) in [6, 6.07) is 17.7. The van der Waals surface area contributed by atoms with E-state index in [2.05, 4.69) is 41.6 Å². The monoisotopic (exact) mass is 488 g/mol. The van der Waals surface area contributed by atoms with E-state index in [4.69, 9.17) is 16.6 Å². The lowest BCUT2D eigenvalue weighted by molar-refractivity contribution is -0.385. The van der Waals surface area contributed by atoms with Crippen LogP contribution < -0.4 is 10.6 Å². The number of nitro groups is 1. The third-order valence-electron chi connectivity index (χ3n) is 5.96. The van der Waals surface area contributed by atoms with E-state index in [1.807, 2.05) is 18.2 Å². The number of amides is 1. The van der Waals surface area contributed by atoms with E-state index in [1.165, 1.54) is 30.7 Å². The van der Waals surface area contributed by atoms with Crippen LogP contribution in [0, 0.1) is 17.0 Å². The van der Waals surface area contributed by atoms with Crippen LogP contribution in [0.15, 0.2) is 65.1 Å². The molecule has 0 saturated heterocycles. The van der Waals surface area contributed by atoms with Crippen LogP contribution in [-0.4, -0.2) is 20.9 Å². The zero-order valence-corrected chi connectivity index (χ0v) is 20.3. The minimum absolute atomic E-state index is 0.0769. The van der Waals surface area contributed by atoms with Gasteiger partial charge in [-0.1, -0.05) is 26.0 Å². The summed E-state index contributed by atoms with van der Waals surface area (Å²) in [6.07, 6.45) is 1.05. The molecule has 178 valence electrons. The van der Waals surface area contributed by atoms with E-state index in [0.29, 0.717) is 17.5 Å². The van der Waals surface area contributed by atoms with E-state index >= 15 is 0 Å². The topological polar surface area (TPSA) is 110 Å². The van der Waals surface area contributed by atoms with Gasteiger partial charge in [0.05, 0.1) is 4.92 Å². The number of aromatic nitrogens is 1. The van der Waals surface area contributed by atoms with Gasteiger partial charge in [0.25, 0.3) is 11.6 Å². The van der Waals surface area contributed by atoms with Gasteiger partial charge in [0.2, 0.25) is 5.89 Å². The Balaban J connectivity index is 1.44. The average Bonchev–Trinajstić information content (AvgIpc) is 3.27. The molecule has 0 bridgehead atoms. The SMILES string of the molecule is CC[C@@H](C)c1ccc2oc(-c3ccc(NC(=S)NC(=O)c4cccc([N+](=O)[O-])c4C)cc3)nc2c1. The molecule has 0 aliphatic heterocycles. The van der Waals surface area contributed by atoms with Gasteiger partial charge < -0.3 is 9.73 Å². The summed E-state index contributed by atoms with van der Waals surface area (Å²) >= 11 is 5.25. The summed E-state index contributed by atoms with van der Waals surface area (Å²) < 4.78 is 5.92. The molecule has 4 aromatic rings. The molecule has 35 heavy (non-hydrogen) atoms. The van der Waals surface area contributed by atoms with Crippen LogP contribution in [0.5, 0.6) is 0 Å². The van der Waals surface area contributed by atoms with Crippen molar-refractivity contribution in [3.63, 3.8) is 0 Å². The molecule has 0 fully saturated rings. The molecule has 1 aromatic heterocycles. The standard InChI is InChI=1S/C26H24N4O4S/c1-4-15(2)18-10-13-23-21(14-18)28-25(34-23)17-8-11-19(12-9-17)27-26(35)29-24(31)20-6-5-7-22(16(20)3)30(32)33/h5-15H,4H2,1-3H3,(H2,27,29,31,35)/t15-/m1/s1. The van der Waals surface area contributed by atoms with Crippen molar-refractivity contribution >= 4 is 45.7 Å². The first kappa shape index (κ1) is 24.0. The predicted octanol–water partition coefficient (Wildman–Crippen LogP) is 6.35. The molecule has 0 aliphatic rings. The van der Waals surface area contributed by atoms with Crippen LogP contribution in [0.1, 0.15) is 47.7 Å². The van der Waals surface area contributed by atoms with Crippen molar-refractivity contribution in [3.05, 3.63) is 87.5 Å². The first-order chi connectivity index (χ1) is 16.8. The molecule has 4 rings (SSSR count). The molecule has 0 saturated carbocycles. The lowest BCUT2D eigenvalue weighted by atomic mass is 9.98. The fourth-order valence-corrected chi connectivity index (χ4v) is 3.92. The number of nitrogens with one attached hydrogen (secondary N) is 2. The number of nitrogens with zero attached hydrogens (tertiary/aromatic N) is 2. The van der Waals surface area contributed by atoms with Gasteiger partial charge in [-0.05, 0) is 79.5 Å². The Bertz CT molecular complexity index is 1430. The highest BCUT2D eigenvalue weighted by Gasteiger charge is 2.18. The molecule has 9 heteroatoms. The Morgan fingerprint density at radius 3 is 2.60 bits per heavy atom. The molecule has 0 unspecified atom stereocenters. The highest BCUT2D eigenvalue weighted by Crippen LogP contribution is 2.28. The summed E-state index contributed by atoms with van der Waals surface area (Å²) in [5.41, 5.74) is 4.58. The normalized spacial score (nSPS) is 11.7. The number of carbonyl (C=O) groups excluding carboxylic acids is 1. The second kappa shape index (κ2) is 10.0. The maximum Gasteiger partial charge on any atom is 0.273 e. The summed E-state index contributed by atoms with van der Waals surface area (Å²) in [5.74, 6) is 0.448. The Kier molecular flexibility index (Phi) is 6.88. The highest BCUT2D eigenvalue weighted by atomic mass is 32.1. The summed E-state index contributed by atoms with van der Waals surface area (Å²) in [4.78, 5) is 27.8. The van der Waals surface area contributed by atoms with Crippen molar-refractivity contribution in [2.75, 3.05) is 5.32 Å². The molecule has 0 aliphatic carbocycles. The first-order valence-electron chi connectivity index (χ1n) is 11.1. The van der Waals surface area contributed by atoms with Gasteiger partial charge in [-0.25, -0.2) is 4.98 Å². The Hall–Kier alpha value is -4.11. The van der Waals surface area contributed by atoms with Gasteiger partial charge in [0.15, 0.2) is 10.7 Å². The third-order valence-corrected chi connectivity index (χ3v) is 6.16. The smallest absolute Gasteiger partial charge is 0.273 e. The van der Waals surface area contributed by atoms with Gasteiger partial charge >= 0.3 is 0 Å². The molecule has 8 nitrogen and oxygen atoms in total. The van der Waals surface area contributed by atoms with Crippen LogP contribution in [0.2, 0.25) is 0 Å². The third kappa shape index (κ3) is 5.20. The number of anilines is 1. The van der Waals surface area contributed by atoms with E-state index in [1.54, 1.807) is 12.1 Å². The minimum atomic E-state index is -0.524. The van der Waals surface area contributed by atoms with Gasteiger partial charge in [0, 0.05) is 28.4 Å². The summed E-state index contributed by atoms with van der Waals surface area (Å²) in [5, 5.41) is 16.7. The second-order valence-corrected chi connectivity index (χ2v) is 8.66. The fraction of sp³-hybridized carbons (Fsp3) is 0.192. The van der Waals surface area contributed by atoms with E-state index in [9.17, 15) is 14.9 Å². The molecular weight excluding hydrogens is 464 g/mol. The number of hydrogen-bond acceptors (Lipinski definition) is 6. The fourth-order valence-electron chi connectivity index (χ4n) is 3.71. The number of hydrogen-bond donors (Lipinski definition) is 2. The molecule has 3 aromatic carbocycles. The molecule has 0 spiro atoms. The van der Waals surface area contributed by atoms with Crippen molar-refractivity contribution in [1.82, 2.24) is 10.3 Å². The van der Waals surface area contributed by atoms with E-state index < -0.39 is 10.8 Å². The van der Waals surface area contributed by atoms with Crippen molar-refractivity contribution in [1.29, 1.82) is 0 Å². The number of nitro benzene ring substituents is 1. The Morgan fingerprint density at radius 1 is 1.17 bits per heavy atom. The lowest BCUT2D eigenvalue weighted by Crippen LogP contribution is -2.34. The molecule has 0 radical (unpaired) electrons. The lowest BCUT2D eigenvalue weighted by Gasteiger charge is -2.11. The zero-order chi connectivity index (χ0) is 25.1. The number of fused-ring (bicyclic) bond motifs is 1. The molecule has 1 atom stereocenters. The van der Waals surface area contributed by atoms with Crippen molar-refractivity contribution < 1.29 is 14.1 Å². The second-order valence-electron chi connectivity index (χ2n) is 8.25. The van der Waals surface area contributed by atoms with Crippen LogP contribution >= 0.6 is 12.2 Å². The number of rotatable bonds is 6. The predicted molar refractivity (Wildman–Crippen MR) is 140 cm³/mol. The van der Waals surface area contributed by atoms with Crippen LogP contribution in [0.3, 0.4) is 0 Å². The number of benzene rings is 3. The molecular formula is C26H24N4O4S. The maximum absolute atomic E-state index is 12.6. The quantitative estimate of drug-likeness (QED) is 0.185. The highest BCUT2D eigenvalue weighted by molar-refractivity contribution is 7.80. The number of oxazole rings is 1. The van der Waals surface area contributed by atoms with Gasteiger partial charge in [-0.2, -0.15) is 0 Å². The number of thiocarbonyl (C=S) groups is 1. The minimum Gasteiger partial charge on any atom is -0.436 e. The van der Waals surface area contributed by atoms with Crippen LogP contribution in [0.4, 0.5) is 11.4 Å². The molecule has 2 N–H and O–H groups in total. The Labute approximate surface area is 207 Å². The Morgan fingerprint density at radius 2 is 1.91 bits per heavy atom. The number of carbonyl (C=O) groups is 1. The largest absolute Gasteiger partial charge is 0.436 e. The van der Waals surface area contributed by atoms with Crippen molar-refractivity contribution in [2.24, 2.45) is 0 Å². The van der Waals surface area contributed by atoms with E-state index in [-0.39, 0.29) is 21.9 Å². The van der Waals surface area contributed by atoms with Crippen molar-refractivity contribution in [3.8, 4) is 11.5 Å². The summed E-state index contributed by atoms with van der Waals surface area (Å²) in [6.45, 7) is 5.87. The van der Waals surface area contributed by atoms with Gasteiger partial charge in [0.1, 0.15) is 5.52 Å². The first-order valence-corrected chi connectivity index (χ1v) is 11.5. The van der Waals surface area contributed by atoms with Gasteiger partial charge in [-0.15, -0.1) is 0 Å².